The molecule has 1 rings (SSSR count). The number of hydrogen-bond acceptors (Lipinski definition) is 3. The second-order valence-corrected chi connectivity index (χ2v) is 1.96. The quantitative estimate of drug-likeness (QED) is 0.620. The van der Waals surface area contributed by atoms with Crippen molar-refractivity contribution in [3.05, 3.63) is 18.5 Å². The molecule has 0 aliphatic rings. The number of nitrogens with one attached hydrogen (secondary N) is 1. The molecular formula is C6H11N3O. The molecule has 1 atom stereocenters. The molecule has 0 saturated carbocycles. The zero-order chi connectivity index (χ0) is 7.40. The van der Waals surface area contributed by atoms with Gasteiger partial charge >= 0.3 is 0 Å². The van der Waals surface area contributed by atoms with Gasteiger partial charge in [-0.15, -0.1) is 0 Å². The predicted octanol–water partition coefficient (Wildman–Crippen LogP) is 0.419. The van der Waals surface area contributed by atoms with Crippen molar-refractivity contribution in [2.75, 3.05) is 12.5 Å². The third kappa shape index (κ3) is 1.73. The number of nitrogens with zero attached hydrogens (tertiary/aromatic N) is 2. The van der Waals surface area contributed by atoms with Gasteiger partial charge in [-0.2, -0.15) is 9.89 Å². The fraction of sp³-hybridized carbons (Fsp3) is 0.500. The molecule has 4 heteroatoms. The normalized spacial score (nSPS) is 13.0. The minimum atomic E-state index is -0.0140. The van der Waals surface area contributed by atoms with E-state index in [1.54, 1.807) is 18.1 Å². The lowest BCUT2D eigenvalue weighted by molar-refractivity contribution is 0.127. The molecular weight excluding hydrogens is 130 g/mol. The molecule has 0 spiro atoms. The minimum Gasteiger partial charge on any atom is -0.361 e. The van der Waals surface area contributed by atoms with Crippen molar-refractivity contribution in [2.45, 2.75) is 13.2 Å². The van der Waals surface area contributed by atoms with Crippen LogP contribution in [0.4, 0.5) is 0 Å². The largest absolute Gasteiger partial charge is 0.361 e. The van der Waals surface area contributed by atoms with Gasteiger partial charge in [-0.1, -0.05) is 0 Å². The Hall–Kier alpha value is -1.03. The van der Waals surface area contributed by atoms with Gasteiger partial charge in [0.25, 0.3) is 0 Å². The predicted molar refractivity (Wildman–Crippen MR) is 38.1 cm³/mol. The highest BCUT2D eigenvalue weighted by molar-refractivity contribution is 4.81. The number of hydrogen-bond donors (Lipinski definition) is 1. The maximum atomic E-state index is 4.95. The van der Waals surface area contributed by atoms with E-state index < -0.39 is 0 Å². The molecule has 0 aliphatic heterocycles. The molecule has 1 heterocycles. The SMILES string of the molecule is COC(C)Nn1cccn1. The lowest BCUT2D eigenvalue weighted by Crippen LogP contribution is -2.26. The van der Waals surface area contributed by atoms with Crippen LogP contribution >= 0.6 is 0 Å². The first-order chi connectivity index (χ1) is 4.83. The van der Waals surface area contributed by atoms with Crippen LogP contribution < -0.4 is 5.43 Å². The second-order valence-electron chi connectivity index (χ2n) is 1.96. The second kappa shape index (κ2) is 3.22. The van der Waals surface area contributed by atoms with Crippen molar-refractivity contribution in [1.29, 1.82) is 0 Å². The van der Waals surface area contributed by atoms with Gasteiger partial charge in [0, 0.05) is 13.3 Å². The molecule has 56 valence electrons. The lowest BCUT2D eigenvalue weighted by Gasteiger charge is -2.11. The monoisotopic (exact) mass is 141 g/mol. The molecule has 0 fully saturated rings. The molecule has 0 saturated heterocycles. The molecule has 1 unspecified atom stereocenters. The van der Waals surface area contributed by atoms with E-state index in [-0.39, 0.29) is 6.23 Å². The van der Waals surface area contributed by atoms with Crippen LogP contribution in [-0.4, -0.2) is 23.2 Å². The van der Waals surface area contributed by atoms with Crippen LogP contribution in [0.1, 0.15) is 6.92 Å². The highest BCUT2D eigenvalue weighted by Crippen LogP contribution is 1.85. The molecule has 10 heavy (non-hydrogen) atoms. The number of ether oxygens (including phenoxy) is 1. The van der Waals surface area contributed by atoms with Crippen LogP contribution in [0.2, 0.25) is 0 Å². The van der Waals surface area contributed by atoms with Gasteiger partial charge in [0.05, 0.1) is 6.20 Å². The third-order valence-electron chi connectivity index (χ3n) is 1.17. The molecule has 0 bridgehead atoms. The smallest absolute Gasteiger partial charge is 0.139 e. The van der Waals surface area contributed by atoms with E-state index in [0.29, 0.717) is 0 Å². The van der Waals surface area contributed by atoms with E-state index in [1.165, 1.54) is 0 Å². The van der Waals surface area contributed by atoms with Gasteiger partial charge in [-0.05, 0) is 13.0 Å². The lowest BCUT2D eigenvalue weighted by atomic mass is 10.7. The zero-order valence-electron chi connectivity index (χ0n) is 6.11. The number of rotatable bonds is 3. The summed E-state index contributed by atoms with van der Waals surface area (Å²) in [6.45, 7) is 1.90. The average molecular weight is 141 g/mol. The van der Waals surface area contributed by atoms with Crippen molar-refractivity contribution in [2.24, 2.45) is 0 Å². The van der Waals surface area contributed by atoms with Crippen molar-refractivity contribution in [3.8, 4) is 0 Å². The van der Waals surface area contributed by atoms with Crippen LogP contribution in [0.5, 0.6) is 0 Å². The standard InChI is InChI=1S/C6H11N3O/c1-6(10-2)8-9-5-3-4-7-9/h3-6,8H,1-2H3. The Balaban J connectivity index is 2.40. The van der Waals surface area contributed by atoms with E-state index in [4.69, 9.17) is 4.74 Å². The Morgan fingerprint density at radius 1 is 1.70 bits per heavy atom. The van der Waals surface area contributed by atoms with Gasteiger partial charge < -0.3 is 4.74 Å². The topological polar surface area (TPSA) is 39.1 Å². The Morgan fingerprint density at radius 3 is 3.00 bits per heavy atom. The first-order valence-corrected chi connectivity index (χ1v) is 3.12. The van der Waals surface area contributed by atoms with Crippen molar-refractivity contribution >= 4 is 0 Å². The van der Waals surface area contributed by atoms with Gasteiger partial charge in [-0.3, -0.25) is 5.43 Å². The number of methoxy groups -OCH3 is 1. The molecule has 0 aromatic carbocycles. The first kappa shape index (κ1) is 7.08. The first-order valence-electron chi connectivity index (χ1n) is 3.12. The van der Waals surface area contributed by atoms with Crippen molar-refractivity contribution in [3.63, 3.8) is 0 Å². The fourth-order valence-electron chi connectivity index (χ4n) is 0.584. The maximum absolute atomic E-state index is 4.95. The van der Waals surface area contributed by atoms with Crippen LogP contribution in [-0.2, 0) is 4.74 Å². The summed E-state index contributed by atoms with van der Waals surface area (Å²) >= 11 is 0. The molecule has 0 aliphatic carbocycles. The molecule has 0 amide bonds. The summed E-state index contributed by atoms with van der Waals surface area (Å²) < 4.78 is 4.95. The Kier molecular flexibility index (Phi) is 2.28. The molecule has 1 N–H and O–H groups in total. The van der Waals surface area contributed by atoms with Crippen LogP contribution in [0, 0.1) is 0 Å². The molecule has 4 nitrogen and oxygen atoms in total. The third-order valence-corrected chi connectivity index (χ3v) is 1.17. The van der Waals surface area contributed by atoms with E-state index in [1.807, 2.05) is 19.2 Å². The minimum absolute atomic E-state index is 0.0140. The van der Waals surface area contributed by atoms with Crippen molar-refractivity contribution in [1.82, 2.24) is 9.89 Å². The van der Waals surface area contributed by atoms with Crippen molar-refractivity contribution < 1.29 is 4.74 Å². The van der Waals surface area contributed by atoms with Gasteiger partial charge in [0.1, 0.15) is 6.23 Å². The van der Waals surface area contributed by atoms with Gasteiger partial charge in [0.2, 0.25) is 0 Å². The zero-order valence-corrected chi connectivity index (χ0v) is 6.11. The molecule has 1 aromatic heterocycles. The average Bonchev–Trinajstić information content (AvgIpc) is 2.40. The number of aromatic nitrogens is 2. The summed E-state index contributed by atoms with van der Waals surface area (Å²) in [5, 5.41) is 3.93. The Labute approximate surface area is 59.8 Å². The fourth-order valence-corrected chi connectivity index (χ4v) is 0.584. The highest BCUT2D eigenvalue weighted by Gasteiger charge is 1.95. The van der Waals surface area contributed by atoms with E-state index in [0.717, 1.165) is 0 Å². The van der Waals surface area contributed by atoms with Crippen LogP contribution in [0.25, 0.3) is 0 Å². The summed E-state index contributed by atoms with van der Waals surface area (Å²) in [6, 6.07) is 1.84. The molecule has 0 radical (unpaired) electrons. The summed E-state index contributed by atoms with van der Waals surface area (Å²) in [4.78, 5) is 1.61. The van der Waals surface area contributed by atoms with Crippen LogP contribution in [0.3, 0.4) is 0 Å². The summed E-state index contributed by atoms with van der Waals surface area (Å²) in [5.74, 6) is 0. The van der Waals surface area contributed by atoms with E-state index in [9.17, 15) is 0 Å². The Bertz CT molecular complexity index is 173. The maximum Gasteiger partial charge on any atom is 0.139 e. The van der Waals surface area contributed by atoms with E-state index >= 15 is 0 Å². The highest BCUT2D eigenvalue weighted by atomic mass is 16.5. The van der Waals surface area contributed by atoms with Gasteiger partial charge in [0.15, 0.2) is 0 Å². The van der Waals surface area contributed by atoms with Gasteiger partial charge in [-0.25, -0.2) is 0 Å². The summed E-state index contributed by atoms with van der Waals surface area (Å²) in [6.07, 6.45) is 3.50. The summed E-state index contributed by atoms with van der Waals surface area (Å²) in [5.41, 5.74) is 2.95. The van der Waals surface area contributed by atoms with E-state index in [2.05, 4.69) is 10.5 Å². The summed E-state index contributed by atoms with van der Waals surface area (Å²) in [7, 11) is 1.64. The van der Waals surface area contributed by atoms with Crippen LogP contribution in [0.15, 0.2) is 18.5 Å². The molecule has 1 aromatic rings. The Morgan fingerprint density at radius 2 is 2.50 bits per heavy atom.